The number of hydrogen-bond acceptors (Lipinski definition) is 11. The Labute approximate surface area is 198 Å². The summed E-state index contributed by atoms with van der Waals surface area (Å²) in [6.07, 6.45) is 3.08. The van der Waals surface area contributed by atoms with Gasteiger partial charge in [0.05, 0.1) is 39.6 Å². The van der Waals surface area contributed by atoms with Crippen LogP contribution in [-0.2, 0) is 42.8 Å². The molecule has 0 radical (unpaired) electrons. The molecule has 34 heavy (non-hydrogen) atoms. The van der Waals surface area contributed by atoms with Gasteiger partial charge >= 0.3 is 30.2 Å². The van der Waals surface area contributed by atoms with Crippen molar-refractivity contribution < 1.29 is 52.4 Å². The number of alkyl carbamates (subject to hydrolysis) is 1. The first-order chi connectivity index (χ1) is 16.4. The molecule has 0 aliphatic heterocycles. The molecule has 1 amide bonds. The molecule has 0 saturated heterocycles. The average Bonchev–Trinajstić information content (AvgIpc) is 2.83. The van der Waals surface area contributed by atoms with E-state index in [1.807, 2.05) is 0 Å². The van der Waals surface area contributed by atoms with Gasteiger partial charge in [-0.25, -0.2) is 19.2 Å². The third-order valence-corrected chi connectivity index (χ3v) is 3.73. The summed E-state index contributed by atoms with van der Waals surface area (Å²) in [5.41, 5.74) is 0. The van der Waals surface area contributed by atoms with Gasteiger partial charge in [-0.2, -0.15) is 0 Å². The highest BCUT2D eigenvalue weighted by Crippen LogP contribution is 1.99. The topological polar surface area (TPSA) is 153 Å². The first-order valence-corrected chi connectivity index (χ1v) is 10.8. The van der Waals surface area contributed by atoms with Gasteiger partial charge in [-0.05, 0) is 32.1 Å². The van der Waals surface area contributed by atoms with E-state index in [2.05, 4.69) is 23.2 Å². The lowest BCUT2D eigenvalue weighted by Crippen LogP contribution is -2.28. The number of rotatable bonds is 19. The molecule has 0 rings (SSSR count). The molecule has 192 valence electrons. The Morgan fingerprint density at radius 2 is 1.06 bits per heavy atom. The van der Waals surface area contributed by atoms with Crippen LogP contribution < -0.4 is 5.32 Å². The van der Waals surface area contributed by atoms with Crippen LogP contribution in [-0.4, -0.2) is 76.3 Å². The summed E-state index contributed by atoms with van der Waals surface area (Å²) in [7, 11) is 0. The first kappa shape index (κ1) is 30.4. The van der Waals surface area contributed by atoms with Crippen molar-refractivity contribution in [2.75, 3.05) is 46.2 Å². The largest absolute Gasteiger partial charge is 0.508 e. The quantitative estimate of drug-likeness (QED) is 0.123. The van der Waals surface area contributed by atoms with Crippen molar-refractivity contribution >= 4 is 30.2 Å². The van der Waals surface area contributed by atoms with E-state index in [0.29, 0.717) is 32.1 Å². The summed E-state index contributed by atoms with van der Waals surface area (Å²) in [6, 6.07) is 0. The van der Waals surface area contributed by atoms with E-state index < -0.39 is 30.2 Å². The van der Waals surface area contributed by atoms with Gasteiger partial charge in [0.2, 0.25) is 0 Å². The molecule has 1 N–H and O–H groups in total. The number of unbranched alkanes of at least 4 members (excludes halogenated alkanes) is 2. The number of carbonyl (C=O) groups is 5. The predicted molar refractivity (Wildman–Crippen MR) is 118 cm³/mol. The molecule has 0 aromatic carbocycles. The van der Waals surface area contributed by atoms with Gasteiger partial charge in [-0.1, -0.05) is 13.2 Å². The van der Waals surface area contributed by atoms with Crippen molar-refractivity contribution in [3.8, 4) is 0 Å². The Morgan fingerprint density at radius 1 is 0.588 bits per heavy atom. The van der Waals surface area contributed by atoms with E-state index in [1.165, 1.54) is 0 Å². The monoisotopic (exact) mass is 487 g/mol. The van der Waals surface area contributed by atoms with Gasteiger partial charge in [-0.15, -0.1) is 0 Å². The second kappa shape index (κ2) is 21.3. The summed E-state index contributed by atoms with van der Waals surface area (Å²) >= 11 is 0. The highest BCUT2D eigenvalue weighted by atomic mass is 16.7. The standard InChI is InChI=1S/C22H33NO11/c1-3-18(24)29-16-9-10-20(26)30-12-5-7-14-33-22(28)34-15-8-6-13-32-21(27)23-11-17-31-19(25)4-2/h3-4H,1-2,5-17H2,(H,23,27). The van der Waals surface area contributed by atoms with Crippen LogP contribution in [0, 0.1) is 0 Å². The summed E-state index contributed by atoms with van der Waals surface area (Å²) in [5.74, 6) is -1.51. The van der Waals surface area contributed by atoms with Crippen LogP contribution in [0.5, 0.6) is 0 Å². The Kier molecular flexibility index (Phi) is 19.0. The third-order valence-electron chi connectivity index (χ3n) is 3.73. The number of amides is 1. The van der Waals surface area contributed by atoms with Crippen molar-refractivity contribution in [1.82, 2.24) is 5.32 Å². The first-order valence-electron chi connectivity index (χ1n) is 10.8. The van der Waals surface area contributed by atoms with Crippen LogP contribution in [0.2, 0.25) is 0 Å². The minimum absolute atomic E-state index is 0.0116. The van der Waals surface area contributed by atoms with Gasteiger partial charge in [0, 0.05) is 18.6 Å². The van der Waals surface area contributed by atoms with Crippen molar-refractivity contribution in [3.05, 3.63) is 25.3 Å². The van der Waals surface area contributed by atoms with E-state index in [9.17, 15) is 24.0 Å². The summed E-state index contributed by atoms with van der Waals surface area (Å²) in [5, 5.41) is 2.41. The van der Waals surface area contributed by atoms with E-state index in [1.54, 1.807) is 0 Å². The molecular formula is C22H33NO11. The lowest BCUT2D eigenvalue weighted by molar-refractivity contribution is -0.145. The molecule has 0 spiro atoms. The van der Waals surface area contributed by atoms with Gasteiger partial charge in [0.1, 0.15) is 6.61 Å². The smallest absolute Gasteiger partial charge is 0.466 e. The lowest BCUT2D eigenvalue weighted by Gasteiger charge is -2.08. The summed E-state index contributed by atoms with van der Waals surface area (Å²) < 4.78 is 29.1. The van der Waals surface area contributed by atoms with Crippen LogP contribution in [0.4, 0.5) is 9.59 Å². The molecule has 0 aromatic heterocycles. The molecule has 0 aliphatic rings. The lowest BCUT2D eigenvalue weighted by atomic mass is 10.3. The maximum absolute atomic E-state index is 11.5. The highest BCUT2D eigenvalue weighted by Gasteiger charge is 2.06. The number of nitrogens with one attached hydrogen (secondary N) is 1. The molecule has 0 aromatic rings. The molecule has 0 bridgehead atoms. The van der Waals surface area contributed by atoms with Gasteiger partial charge in [0.25, 0.3) is 0 Å². The molecule has 0 atom stereocenters. The predicted octanol–water partition coefficient (Wildman–Crippen LogP) is 2.21. The van der Waals surface area contributed by atoms with Crippen LogP contribution in [0.15, 0.2) is 25.3 Å². The number of esters is 3. The van der Waals surface area contributed by atoms with Crippen LogP contribution >= 0.6 is 0 Å². The van der Waals surface area contributed by atoms with Crippen LogP contribution in [0.25, 0.3) is 0 Å². The maximum Gasteiger partial charge on any atom is 0.508 e. The molecule has 0 heterocycles. The third kappa shape index (κ3) is 20.3. The molecule has 0 saturated carbocycles. The Balaban J connectivity index is 3.45. The zero-order chi connectivity index (χ0) is 25.4. The average molecular weight is 488 g/mol. The normalized spacial score (nSPS) is 9.76. The van der Waals surface area contributed by atoms with Crippen molar-refractivity contribution in [1.29, 1.82) is 0 Å². The zero-order valence-electron chi connectivity index (χ0n) is 19.3. The fourth-order valence-corrected chi connectivity index (χ4v) is 2.05. The maximum atomic E-state index is 11.5. The van der Waals surface area contributed by atoms with Gasteiger partial charge < -0.3 is 33.7 Å². The SMILES string of the molecule is C=CC(=O)OCCCC(=O)OCCCCOC(=O)OCCCCOC(=O)NCCOC(=O)C=C. The van der Waals surface area contributed by atoms with E-state index in [4.69, 9.17) is 23.7 Å². The van der Waals surface area contributed by atoms with Crippen molar-refractivity contribution in [3.63, 3.8) is 0 Å². The van der Waals surface area contributed by atoms with Gasteiger partial charge in [-0.3, -0.25) is 4.79 Å². The van der Waals surface area contributed by atoms with Crippen LogP contribution in [0.3, 0.4) is 0 Å². The Bertz CT molecular complexity index is 609. The number of carbonyl (C=O) groups excluding carboxylic acids is 5. The minimum atomic E-state index is -0.807. The Hall–Kier alpha value is -3.57. The highest BCUT2D eigenvalue weighted by molar-refractivity contribution is 5.81. The second-order valence-electron chi connectivity index (χ2n) is 6.49. The van der Waals surface area contributed by atoms with Crippen LogP contribution in [0.1, 0.15) is 38.5 Å². The second-order valence-corrected chi connectivity index (χ2v) is 6.49. The molecule has 12 nitrogen and oxygen atoms in total. The fraction of sp³-hybridized carbons (Fsp3) is 0.591. The zero-order valence-corrected chi connectivity index (χ0v) is 19.3. The summed E-state index contributed by atoms with van der Waals surface area (Å²) in [6.45, 7) is 7.32. The fourth-order valence-electron chi connectivity index (χ4n) is 2.05. The molecular weight excluding hydrogens is 454 g/mol. The number of hydrogen-bond donors (Lipinski definition) is 1. The van der Waals surface area contributed by atoms with Gasteiger partial charge in [0.15, 0.2) is 0 Å². The minimum Gasteiger partial charge on any atom is -0.466 e. The number of ether oxygens (including phenoxy) is 6. The van der Waals surface area contributed by atoms with E-state index in [-0.39, 0.29) is 52.6 Å². The van der Waals surface area contributed by atoms with E-state index >= 15 is 0 Å². The molecule has 0 unspecified atom stereocenters. The Morgan fingerprint density at radius 3 is 1.62 bits per heavy atom. The summed E-state index contributed by atoms with van der Waals surface area (Å²) in [4.78, 5) is 55.9. The molecule has 0 aliphatic carbocycles. The van der Waals surface area contributed by atoms with Crippen molar-refractivity contribution in [2.45, 2.75) is 38.5 Å². The molecule has 12 heteroatoms. The van der Waals surface area contributed by atoms with E-state index in [0.717, 1.165) is 12.2 Å². The van der Waals surface area contributed by atoms with Crippen molar-refractivity contribution in [2.24, 2.45) is 0 Å². The molecule has 0 fully saturated rings.